The lowest BCUT2D eigenvalue weighted by atomic mass is 10.9. The molecule has 0 aliphatic carbocycles. The monoisotopic (exact) mass is 518 g/mol. The molecule has 4 unspecified atom stereocenters. The van der Waals surface area contributed by atoms with Gasteiger partial charge in [0.2, 0.25) is 0 Å². The van der Waals surface area contributed by atoms with E-state index in [2.05, 4.69) is 0 Å². The first-order valence-electron chi connectivity index (χ1n) is 11.0. The number of hydrogen-bond acceptors (Lipinski definition) is 9. The molecule has 31 heavy (non-hydrogen) atoms. The Bertz CT molecular complexity index is 441. The van der Waals surface area contributed by atoms with Gasteiger partial charge >= 0.3 is 34.2 Å². The maximum absolute atomic E-state index is 6.77. The van der Waals surface area contributed by atoms with Crippen molar-refractivity contribution >= 4 is 34.2 Å². The highest BCUT2D eigenvalue weighted by Crippen LogP contribution is 2.26. The predicted molar refractivity (Wildman–Crippen MR) is 130 cm³/mol. The lowest BCUT2D eigenvalue weighted by Gasteiger charge is -2.43. The van der Waals surface area contributed by atoms with Crippen LogP contribution < -0.4 is 0 Å². The molecule has 0 bridgehead atoms. The highest BCUT2D eigenvalue weighted by molar-refractivity contribution is 6.88. The van der Waals surface area contributed by atoms with Gasteiger partial charge in [-0.05, 0) is 53.9 Å². The summed E-state index contributed by atoms with van der Waals surface area (Å²) in [4.78, 5) is 0. The van der Waals surface area contributed by atoms with Crippen LogP contribution in [0.2, 0.25) is 26.2 Å². The fourth-order valence-electron chi connectivity index (χ4n) is 2.94. The van der Waals surface area contributed by atoms with Crippen LogP contribution in [0.25, 0.3) is 0 Å². The van der Waals surface area contributed by atoms with Gasteiger partial charge in [-0.25, -0.2) is 0 Å². The van der Waals surface area contributed by atoms with Gasteiger partial charge in [0.25, 0.3) is 0 Å². The van der Waals surface area contributed by atoms with Crippen molar-refractivity contribution in [3.8, 4) is 0 Å². The molecule has 0 fully saturated rings. The Labute approximate surface area is 193 Å². The van der Waals surface area contributed by atoms with Gasteiger partial charge in [0.15, 0.2) is 0 Å². The quantitative estimate of drug-likeness (QED) is 0.226. The molecule has 13 heteroatoms. The minimum Gasteiger partial charge on any atom is -0.413 e. The second kappa shape index (κ2) is 15.4. The molecule has 0 radical (unpaired) electrons. The van der Waals surface area contributed by atoms with Gasteiger partial charge in [0, 0.05) is 40.6 Å². The van der Waals surface area contributed by atoms with Gasteiger partial charge in [-0.2, -0.15) is 0 Å². The van der Waals surface area contributed by atoms with Crippen LogP contribution in [0.5, 0.6) is 0 Å². The second-order valence-electron chi connectivity index (χ2n) is 7.80. The Morgan fingerprint density at radius 3 is 0.871 bits per heavy atom. The van der Waals surface area contributed by atoms with Crippen LogP contribution in [0.15, 0.2) is 0 Å². The van der Waals surface area contributed by atoms with E-state index in [4.69, 9.17) is 40.1 Å². The molecule has 9 nitrogen and oxygen atoms in total. The van der Waals surface area contributed by atoms with Crippen LogP contribution in [0.3, 0.4) is 0 Å². The van der Waals surface area contributed by atoms with E-state index in [-0.39, 0.29) is 0 Å². The third kappa shape index (κ3) is 12.5. The fraction of sp³-hybridized carbons (Fsp3) is 1.00. The number of rotatable bonds is 20. The highest BCUT2D eigenvalue weighted by Gasteiger charge is 2.52. The average molecular weight is 519 g/mol. The van der Waals surface area contributed by atoms with Crippen LogP contribution in [-0.4, -0.2) is 99.8 Å². The first-order valence-corrected chi connectivity index (χ1v) is 21.1. The molecule has 0 aliphatic heterocycles. The lowest BCUT2D eigenvalue weighted by Crippen LogP contribution is -2.65. The standard InChI is InChI=1S/C18H46O9Si4/c1-11-21-15-28(7,19-5)25-30(9,17-23-13-3)27-31(10,18-24-14-4)26-29(8,20-6)16-22-12-2/h11-18H2,1-10H3. The van der Waals surface area contributed by atoms with E-state index in [0.29, 0.717) is 51.3 Å². The summed E-state index contributed by atoms with van der Waals surface area (Å²) in [6.07, 6.45) is 1.54. The normalized spacial score (nSPS) is 19.9. The number of hydrogen-bond donors (Lipinski definition) is 0. The molecule has 0 heterocycles. The Balaban J connectivity index is 5.81. The van der Waals surface area contributed by atoms with Crippen LogP contribution >= 0.6 is 0 Å². The van der Waals surface area contributed by atoms with Gasteiger partial charge in [-0.1, -0.05) is 0 Å². The van der Waals surface area contributed by atoms with Crippen molar-refractivity contribution in [3.05, 3.63) is 0 Å². The van der Waals surface area contributed by atoms with Gasteiger partial charge in [0.1, 0.15) is 0 Å². The molecule has 0 saturated heterocycles. The van der Waals surface area contributed by atoms with Gasteiger partial charge in [-0.15, -0.1) is 0 Å². The summed E-state index contributed by atoms with van der Waals surface area (Å²) in [5.74, 6) is 0. The number of ether oxygens (including phenoxy) is 4. The Kier molecular flexibility index (Phi) is 15.7. The molecule has 188 valence electrons. The largest absolute Gasteiger partial charge is 0.413 e. The van der Waals surface area contributed by atoms with Crippen molar-refractivity contribution in [3.63, 3.8) is 0 Å². The molecule has 0 aromatic rings. The summed E-state index contributed by atoms with van der Waals surface area (Å²) in [6.45, 7) is 18.1. The molecule has 0 rings (SSSR count). The lowest BCUT2D eigenvalue weighted by molar-refractivity contribution is 0.109. The topological polar surface area (TPSA) is 83.1 Å². The second-order valence-corrected chi connectivity index (χ2v) is 21.3. The zero-order valence-corrected chi connectivity index (χ0v) is 25.3. The highest BCUT2D eigenvalue weighted by atomic mass is 28.5. The van der Waals surface area contributed by atoms with E-state index in [1.165, 1.54) is 0 Å². The van der Waals surface area contributed by atoms with Crippen molar-refractivity contribution in [2.75, 3.05) is 65.6 Å². The van der Waals surface area contributed by atoms with Crippen molar-refractivity contribution < 1.29 is 40.1 Å². The summed E-state index contributed by atoms with van der Waals surface area (Å²) in [5, 5.41) is 0. The molecular weight excluding hydrogens is 473 g/mol. The maximum Gasteiger partial charge on any atom is 0.352 e. The molecule has 0 aromatic heterocycles. The van der Waals surface area contributed by atoms with Crippen molar-refractivity contribution in [1.29, 1.82) is 0 Å². The molecule has 0 aromatic carbocycles. The molecule has 0 N–H and O–H groups in total. The predicted octanol–water partition coefficient (Wildman–Crippen LogP) is 2.92. The summed E-state index contributed by atoms with van der Waals surface area (Å²) in [7, 11) is -7.73. The summed E-state index contributed by atoms with van der Waals surface area (Å²) in [6, 6.07) is 0. The van der Waals surface area contributed by atoms with E-state index in [9.17, 15) is 0 Å². The smallest absolute Gasteiger partial charge is 0.352 e. The van der Waals surface area contributed by atoms with E-state index in [1.54, 1.807) is 14.2 Å². The van der Waals surface area contributed by atoms with Crippen LogP contribution in [0.1, 0.15) is 27.7 Å². The third-order valence-electron chi connectivity index (χ3n) is 4.43. The van der Waals surface area contributed by atoms with Crippen molar-refractivity contribution in [2.24, 2.45) is 0 Å². The summed E-state index contributed by atoms with van der Waals surface area (Å²) in [5.41, 5.74) is 0. The Hall–Kier alpha value is 0.508. The molecule has 0 amide bonds. The van der Waals surface area contributed by atoms with Gasteiger partial charge < -0.3 is 40.1 Å². The van der Waals surface area contributed by atoms with E-state index in [1.807, 2.05) is 53.9 Å². The minimum absolute atomic E-state index is 0.358. The van der Waals surface area contributed by atoms with E-state index >= 15 is 0 Å². The third-order valence-corrected chi connectivity index (χ3v) is 19.4. The zero-order valence-electron chi connectivity index (χ0n) is 21.3. The van der Waals surface area contributed by atoms with Crippen LogP contribution in [0, 0.1) is 0 Å². The molecule has 0 saturated carbocycles. The van der Waals surface area contributed by atoms with Crippen molar-refractivity contribution in [1.82, 2.24) is 0 Å². The van der Waals surface area contributed by atoms with E-state index in [0.717, 1.165) is 0 Å². The average Bonchev–Trinajstić information content (AvgIpc) is 2.73. The zero-order chi connectivity index (χ0) is 24.0. The molecule has 0 aliphatic rings. The van der Waals surface area contributed by atoms with Gasteiger partial charge in [0.05, 0.1) is 24.9 Å². The Morgan fingerprint density at radius 1 is 0.419 bits per heavy atom. The first-order chi connectivity index (χ1) is 14.5. The maximum atomic E-state index is 6.77. The van der Waals surface area contributed by atoms with E-state index < -0.39 is 34.2 Å². The minimum atomic E-state index is -2.89. The SMILES string of the molecule is CCOC[Si](C)(OC)O[Si](C)(COCC)O[Si](C)(COCC)O[Si](C)(COCC)OC. The summed E-state index contributed by atoms with van der Waals surface area (Å²) < 4.78 is 54.4. The van der Waals surface area contributed by atoms with Crippen LogP contribution in [-0.2, 0) is 40.1 Å². The molecular formula is C18H46O9Si4. The molecule has 4 atom stereocenters. The van der Waals surface area contributed by atoms with Crippen LogP contribution in [0.4, 0.5) is 0 Å². The summed E-state index contributed by atoms with van der Waals surface area (Å²) >= 11 is 0. The first kappa shape index (κ1) is 31.5. The molecule has 0 spiro atoms. The van der Waals surface area contributed by atoms with Gasteiger partial charge in [-0.3, -0.25) is 0 Å². The fourth-order valence-corrected chi connectivity index (χ4v) is 19.6. The Morgan fingerprint density at radius 2 is 0.645 bits per heavy atom. The van der Waals surface area contributed by atoms with Crippen molar-refractivity contribution in [2.45, 2.75) is 53.9 Å².